The number of carbonyl (C=O) groups is 1. The van der Waals surface area contributed by atoms with Gasteiger partial charge in [-0.15, -0.1) is 0 Å². The average Bonchev–Trinajstić information content (AvgIpc) is 3.29. The standard InChI is InChI=1S/C17H20N5O8P/c18-14-11-15(20-7-19-14)22(8-21-11)16-13(24)12(23)10(29-16)6-28-31(26,27)30-17(25)9-4-2-1-3-5-9/h2-5,7-10,12-13,16,23-24H,1,6H2,(H,26,27)(H2,18,19,20)/p-1/t10-,12-,13-,16-/m1/s1. The maximum absolute atomic E-state index is 12.0. The average molecular weight is 452 g/mol. The Labute approximate surface area is 175 Å². The number of fused-ring (bicyclic) bond motifs is 1. The normalized spacial score (nSPS) is 28.1. The van der Waals surface area contributed by atoms with Crippen molar-refractivity contribution in [2.24, 2.45) is 5.92 Å². The van der Waals surface area contributed by atoms with Gasteiger partial charge in [0.05, 0.1) is 18.9 Å². The Kier molecular flexibility index (Phi) is 5.88. The number of phosphoric acid groups is 1. The second-order valence-corrected chi connectivity index (χ2v) is 8.24. The first-order valence-corrected chi connectivity index (χ1v) is 10.7. The van der Waals surface area contributed by atoms with Crippen LogP contribution in [0.5, 0.6) is 0 Å². The highest BCUT2D eigenvalue weighted by molar-refractivity contribution is 7.46. The Hall–Kier alpha value is -2.67. The number of nitrogens with zero attached hydrogens (tertiary/aromatic N) is 4. The lowest BCUT2D eigenvalue weighted by atomic mass is 10.0. The molecule has 2 aliphatic rings. The Morgan fingerprint density at radius 1 is 1.29 bits per heavy atom. The highest BCUT2D eigenvalue weighted by atomic mass is 31.2. The van der Waals surface area contributed by atoms with Crippen LogP contribution in [0.1, 0.15) is 12.6 Å². The van der Waals surface area contributed by atoms with Crippen LogP contribution in [0.25, 0.3) is 11.2 Å². The molecule has 166 valence electrons. The van der Waals surface area contributed by atoms with Gasteiger partial charge in [0.25, 0.3) is 0 Å². The number of phosphoric ester groups is 1. The van der Waals surface area contributed by atoms with Gasteiger partial charge in [-0.05, 0) is 6.42 Å². The highest BCUT2D eigenvalue weighted by Crippen LogP contribution is 2.41. The second kappa shape index (κ2) is 8.46. The maximum Gasteiger partial charge on any atom is 0.322 e. The van der Waals surface area contributed by atoms with E-state index in [1.54, 1.807) is 12.2 Å². The summed E-state index contributed by atoms with van der Waals surface area (Å²) in [4.78, 5) is 35.9. The van der Waals surface area contributed by atoms with Gasteiger partial charge in [-0.2, -0.15) is 0 Å². The van der Waals surface area contributed by atoms with Gasteiger partial charge in [0.2, 0.25) is 0 Å². The summed E-state index contributed by atoms with van der Waals surface area (Å²) in [6.45, 7) is -0.692. The molecule has 1 unspecified atom stereocenters. The van der Waals surface area contributed by atoms with Crippen molar-refractivity contribution in [1.29, 1.82) is 0 Å². The molecule has 1 fully saturated rings. The lowest BCUT2D eigenvalue weighted by Gasteiger charge is -2.25. The van der Waals surface area contributed by atoms with Gasteiger partial charge in [-0.25, -0.2) is 15.0 Å². The first kappa shape index (κ1) is 21.6. The van der Waals surface area contributed by atoms with Crippen molar-refractivity contribution in [1.82, 2.24) is 19.5 Å². The SMILES string of the molecule is Nc1ncnc2c1ncn2[C@@H]1O[C@H](COP(=O)([O-])OC(=O)C2C=CCC=C2)[C@@H](O)[C@H]1O. The van der Waals surface area contributed by atoms with Crippen LogP contribution in [0.15, 0.2) is 37.0 Å². The number of allylic oxidation sites excluding steroid dienone is 2. The minimum Gasteiger partial charge on any atom is -0.746 e. The van der Waals surface area contributed by atoms with E-state index >= 15 is 0 Å². The third-order valence-corrected chi connectivity index (χ3v) is 5.70. The largest absolute Gasteiger partial charge is 0.746 e. The predicted octanol–water partition coefficient (Wildman–Crippen LogP) is -0.812. The number of imidazole rings is 1. The van der Waals surface area contributed by atoms with Crippen LogP contribution in [0.4, 0.5) is 5.82 Å². The zero-order valence-corrected chi connectivity index (χ0v) is 16.8. The topological polar surface area (TPSA) is 195 Å². The summed E-state index contributed by atoms with van der Waals surface area (Å²) in [6.07, 6.45) is 4.22. The summed E-state index contributed by atoms with van der Waals surface area (Å²) in [5.74, 6) is -1.73. The summed E-state index contributed by atoms with van der Waals surface area (Å²) >= 11 is 0. The number of hydrogen-bond donors (Lipinski definition) is 3. The number of carbonyl (C=O) groups excluding carboxylic acids is 1. The van der Waals surface area contributed by atoms with Gasteiger partial charge in [0.15, 0.2) is 17.7 Å². The first-order valence-electron chi connectivity index (χ1n) is 9.24. The molecule has 4 rings (SSSR count). The fraction of sp³-hybridized carbons (Fsp3) is 0.412. The van der Waals surface area contributed by atoms with Gasteiger partial charge in [0.1, 0.15) is 30.2 Å². The lowest BCUT2D eigenvalue weighted by Crippen LogP contribution is -2.34. The van der Waals surface area contributed by atoms with Crippen LogP contribution in [-0.4, -0.2) is 60.6 Å². The number of nitrogen functional groups attached to an aromatic ring is 1. The van der Waals surface area contributed by atoms with Crippen LogP contribution in [0.3, 0.4) is 0 Å². The van der Waals surface area contributed by atoms with Gasteiger partial charge >= 0.3 is 13.8 Å². The highest BCUT2D eigenvalue weighted by Gasteiger charge is 2.45. The van der Waals surface area contributed by atoms with E-state index in [0.717, 1.165) is 0 Å². The van der Waals surface area contributed by atoms with Crippen LogP contribution in [0, 0.1) is 5.92 Å². The molecule has 13 nitrogen and oxygen atoms in total. The third-order valence-electron chi connectivity index (χ3n) is 4.83. The van der Waals surface area contributed by atoms with Crippen molar-refractivity contribution >= 4 is 30.8 Å². The summed E-state index contributed by atoms with van der Waals surface area (Å²) in [5, 5.41) is 20.6. The maximum atomic E-state index is 12.0. The summed E-state index contributed by atoms with van der Waals surface area (Å²) in [5.41, 5.74) is 6.26. The Balaban J connectivity index is 1.41. The number of ether oxygens (including phenoxy) is 1. The van der Waals surface area contributed by atoms with Gasteiger partial charge in [-0.1, -0.05) is 24.3 Å². The number of hydrogen-bond acceptors (Lipinski definition) is 12. The van der Waals surface area contributed by atoms with E-state index in [1.807, 2.05) is 0 Å². The minimum absolute atomic E-state index is 0.119. The predicted molar refractivity (Wildman–Crippen MR) is 102 cm³/mol. The van der Waals surface area contributed by atoms with Crippen molar-refractivity contribution in [2.75, 3.05) is 12.3 Å². The Bertz CT molecular complexity index is 1080. The molecule has 0 spiro atoms. The molecule has 2 aromatic heterocycles. The van der Waals surface area contributed by atoms with Gasteiger partial charge in [0, 0.05) is 0 Å². The van der Waals surface area contributed by atoms with E-state index in [2.05, 4.69) is 19.5 Å². The number of nitrogens with two attached hydrogens (primary N) is 1. The molecule has 1 aliphatic carbocycles. The zero-order chi connectivity index (χ0) is 22.2. The van der Waals surface area contributed by atoms with E-state index in [1.165, 1.54) is 29.4 Å². The van der Waals surface area contributed by atoms with E-state index in [9.17, 15) is 24.5 Å². The van der Waals surface area contributed by atoms with Crippen molar-refractivity contribution < 1.29 is 38.3 Å². The van der Waals surface area contributed by atoms with E-state index in [4.69, 9.17) is 15.0 Å². The van der Waals surface area contributed by atoms with E-state index in [-0.39, 0.29) is 17.0 Å². The van der Waals surface area contributed by atoms with Crippen molar-refractivity contribution in [3.63, 3.8) is 0 Å². The fourth-order valence-electron chi connectivity index (χ4n) is 3.27. The van der Waals surface area contributed by atoms with Gasteiger partial charge < -0.3 is 34.6 Å². The van der Waals surface area contributed by atoms with Crippen LogP contribution in [-0.2, 0) is 23.1 Å². The zero-order valence-electron chi connectivity index (χ0n) is 15.9. The van der Waals surface area contributed by atoms with Crippen molar-refractivity contribution in [2.45, 2.75) is 31.0 Å². The summed E-state index contributed by atoms with van der Waals surface area (Å²) in [7, 11) is -5.04. The quantitative estimate of drug-likeness (QED) is 0.365. The molecule has 0 saturated carbocycles. The first-order chi connectivity index (χ1) is 14.8. The van der Waals surface area contributed by atoms with Crippen molar-refractivity contribution in [3.05, 3.63) is 37.0 Å². The molecule has 14 heteroatoms. The number of aliphatic hydroxyl groups is 2. The molecule has 4 N–H and O–H groups in total. The molecule has 0 bridgehead atoms. The monoisotopic (exact) mass is 452 g/mol. The minimum atomic E-state index is -5.04. The van der Waals surface area contributed by atoms with Crippen LogP contribution in [0.2, 0.25) is 0 Å². The summed E-state index contributed by atoms with van der Waals surface area (Å²) < 4.78 is 28.1. The molecular weight excluding hydrogens is 433 g/mol. The molecule has 0 radical (unpaired) electrons. The van der Waals surface area contributed by atoms with E-state index in [0.29, 0.717) is 6.42 Å². The Morgan fingerprint density at radius 2 is 2.03 bits per heavy atom. The number of aliphatic hydroxyl groups excluding tert-OH is 2. The molecular formula is C17H19N5O8P-. The molecule has 0 aromatic carbocycles. The molecule has 1 aliphatic heterocycles. The Morgan fingerprint density at radius 3 is 2.77 bits per heavy atom. The molecule has 5 atom stereocenters. The fourth-order valence-corrected chi connectivity index (χ4v) is 3.99. The molecule has 0 amide bonds. The van der Waals surface area contributed by atoms with Crippen molar-refractivity contribution in [3.8, 4) is 0 Å². The molecule has 1 saturated heterocycles. The number of anilines is 1. The van der Waals surface area contributed by atoms with Crippen LogP contribution < -0.4 is 10.6 Å². The lowest BCUT2D eigenvalue weighted by molar-refractivity contribution is -0.227. The molecule has 2 aromatic rings. The third kappa shape index (κ3) is 4.37. The van der Waals surface area contributed by atoms with Crippen LogP contribution >= 0.6 is 7.82 Å². The van der Waals surface area contributed by atoms with Gasteiger partial charge in [-0.3, -0.25) is 13.9 Å². The molecule has 3 heterocycles. The summed E-state index contributed by atoms with van der Waals surface area (Å²) in [6, 6.07) is 0. The smallest absolute Gasteiger partial charge is 0.322 e. The second-order valence-electron chi connectivity index (χ2n) is 6.90. The molecule has 31 heavy (non-hydrogen) atoms. The number of aromatic nitrogens is 4. The number of rotatable bonds is 6. The van der Waals surface area contributed by atoms with E-state index < -0.39 is 50.9 Å².